The monoisotopic (exact) mass is 326 g/mol. The van der Waals surface area contributed by atoms with Crippen LogP contribution >= 0.6 is 0 Å². The van der Waals surface area contributed by atoms with Crippen molar-refractivity contribution in [2.45, 2.75) is 34.2 Å². The zero-order valence-corrected chi connectivity index (χ0v) is 14.6. The first-order chi connectivity index (χ1) is 11.5. The van der Waals surface area contributed by atoms with Crippen molar-refractivity contribution in [1.29, 1.82) is 0 Å². The summed E-state index contributed by atoms with van der Waals surface area (Å²) in [5.74, 6) is 0.859. The number of ether oxygens (including phenoxy) is 1. The first-order valence-corrected chi connectivity index (χ1v) is 8.29. The van der Waals surface area contributed by atoms with Gasteiger partial charge in [0.2, 0.25) is 5.88 Å². The molecule has 3 nitrogen and oxygen atoms in total. The van der Waals surface area contributed by atoms with E-state index in [1.54, 1.807) is 18.3 Å². The summed E-state index contributed by atoms with van der Waals surface area (Å²) < 4.78 is 21.6. The Morgan fingerprint density at radius 3 is 2.71 bits per heavy atom. The Hall–Kier alpha value is -2.36. The van der Waals surface area contributed by atoms with Crippen molar-refractivity contribution in [2.75, 3.05) is 6.61 Å². The van der Waals surface area contributed by atoms with E-state index < -0.39 is 0 Å². The molecule has 0 unspecified atom stereocenters. The maximum absolute atomic E-state index is 13.5. The summed E-state index contributed by atoms with van der Waals surface area (Å²) in [5, 5.41) is 1.14. The normalized spacial score (nSPS) is 11.4. The topological polar surface area (TPSA) is 27.1 Å². The maximum atomic E-state index is 13.5. The van der Waals surface area contributed by atoms with Gasteiger partial charge in [0.05, 0.1) is 6.61 Å². The summed E-state index contributed by atoms with van der Waals surface area (Å²) in [5.41, 5.74) is 4.26. The van der Waals surface area contributed by atoms with Crippen LogP contribution in [0.3, 0.4) is 0 Å². The lowest BCUT2D eigenvalue weighted by atomic mass is 10.2. The Labute approximate surface area is 142 Å². The predicted molar refractivity (Wildman–Crippen MR) is 95.0 cm³/mol. The molecule has 3 aromatic rings. The van der Waals surface area contributed by atoms with E-state index >= 15 is 0 Å². The number of hydrogen-bond acceptors (Lipinski definition) is 2. The molecule has 0 bridgehead atoms. The van der Waals surface area contributed by atoms with Gasteiger partial charge in [0.1, 0.15) is 11.3 Å². The van der Waals surface area contributed by atoms with Crippen molar-refractivity contribution < 1.29 is 9.13 Å². The van der Waals surface area contributed by atoms with Crippen molar-refractivity contribution in [1.82, 2.24) is 9.55 Å². The third-order valence-corrected chi connectivity index (χ3v) is 4.30. The van der Waals surface area contributed by atoms with E-state index in [4.69, 9.17) is 4.74 Å². The fraction of sp³-hybridized carbons (Fsp3) is 0.350. The number of aromatic nitrogens is 2. The van der Waals surface area contributed by atoms with Crippen molar-refractivity contribution in [3.63, 3.8) is 0 Å². The van der Waals surface area contributed by atoms with Crippen LogP contribution in [0.1, 0.15) is 30.7 Å². The molecular weight excluding hydrogens is 303 g/mol. The second-order valence-corrected chi connectivity index (χ2v) is 6.64. The first kappa shape index (κ1) is 16.5. The Balaban J connectivity index is 2.10. The molecule has 2 aromatic heterocycles. The average molecular weight is 326 g/mol. The molecular formula is C20H23FN2O. The molecule has 0 aliphatic carbocycles. The van der Waals surface area contributed by atoms with Gasteiger partial charge >= 0.3 is 0 Å². The SMILES string of the molecule is Cc1c(C)n(Cc2cccc(F)c2)c2c(OCC(C)C)nccc12. The summed E-state index contributed by atoms with van der Waals surface area (Å²) in [6, 6.07) is 8.74. The van der Waals surface area contributed by atoms with Crippen molar-refractivity contribution in [3.05, 3.63) is 59.2 Å². The summed E-state index contributed by atoms with van der Waals surface area (Å²) >= 11 is 0. The quantitative estimate of drug-likeness (QED) is 0.668. The Kier molecular flexibility index (Phi) is 4.56. The third-order valence-electron chi connectivity index (χ3n) is 4.30. The number of hydrogen-bond donors (Lipinski definition) is 0. The lowest BCUT2D eigenvalue weighted by Crippen LogP contribution is -2.08. The molecule has 0 atom stereocenters. The van der Waals surface area contributed by atoms with Gasteiger partial charge in [-0.25, -0.2) is 9.37 Å². The van der Waals surface area contributed by atoms with Gasteiger partial charge in [-0.15, -0.1) is 0 Å². The smallest absolute Gasteiger partial charge is 0.238 e. The summed E-state index contributed by atoms with van der Waals surface area (Å²) in [6.07, 6.45) is 1.79. The molecule has 0 saturated heterocycles. The molecule has 0 N–H and O–H groups in total. The Morgan fingerprint density at radius 1 is 1.21 bits per heavy atom. The van der Waals surface area contributed by atoms with Crippen LogP contribution in [0, 0.1) is 25.6 Å². The highest BCUT2D eigenvalue weighted by molar-refractivity contribution is 5.89. The van der Waals surface area contributed by atoms with Gasteiger partial charge in [-0.05, 0) is 49.1 Å². The minimum atomic E-state index is -0.215. The third kappa shape index (κ3) is 3.14. The standard InChI is InChI=1S/C20H23FN2O/c1-13(2)12-24-20-19-18(8-9-22-20)14(3)15(4)23(19)11-16-6-5-7-17(21)10-16/h5-10,13H,11-12H2,1-4H3. The van der Waals surface area contributed by atoms with Crippen LogP contribution in [0.4, 0.5) is 4.39 Å². The van der Waals surface area contributed by atoms with E-state index in [9.17, 15) is 4.39 Å². The highest BCUT2D eigenvalue weighted by atomic mass is 19.1. The van der Waals surface area contributed by atoms with Gasteiger partial charge in [0.25, 0.3) is 0 Å². The number of aryl methyl sites for hydroxylation is 1. The van der Waals surface area contributed by atoms with Gasteiger partial charge in [0.15, 0.2) is 0 Å². The summed E-state index contributed by atoms with van der Waals surface area (Å²) in [6.45, 7) is 9.63. The van der Waals surface area contributed by atoms with Crippen molar-refractivity contribution in [3.8, 4) is 5.88 Å². The van der Waals surface area contributed by atoms with Crippen LogP contribution in [-0.4, -0.2) is 16.2 Å². The molecule has 4 heteroatoms. The van der Waals surface area contributed by atoms with E-state index in [0.29, 0.717) is 24.9 Å². The van der Waals surface area contributed by atoms with Crippen LogP contribution in [0.15, 0.2) is 36.5 Å². The Bertz CT molecular complexity index is 867. The molecule has 0 saturated carbocycles. The molecule has 0 aliphatic rings. The number of pyridine rings is 1. The number of nitrogens with zero attached hydrogens (tertiary/aromatic N) is 2. The highest BCUT2D eigenvalue weighted by Crippen LogP contribution is 2.31. The lowest BCUT2D eigenvalue weighted by Gasteiger charge is -2.13. The molecule has 1 aromatic carbocycles. The molecule has 24 heavy (non-hydrogen) atoms. The number of fused-ring (bicyclic) bond motifs is 1. The lowest BCUT2D eigenvalue weighted by molar-refractivity contribution is 0.263. The fourth-order valence-corrected chi connectivity index (χ4v) is 2.93. The second-order valence-electron chi connectivity index (χ2n) is 6.64. The molecule has 126 valence electrons. The number of halogens is 1. The zero-order valence-electron chi connectivity index (χ0n) is 14.6. The fourth-order valence-electron chi connectivity index (χ4n) is 2.93. The molecule has 0 radical (unpaired) electrons. The van der Waals surface area contributed by atoms with Crippen molar-refractivity contribution in [2.24, 2.45) is 5.92 Å². The molecule has 0 amide bonds. The van der Waals surface area contributed by atoms with Crippen LogP contribution < -0.4 is 4.74 Å². The molecule has 3 rings (SSSR count). The minimum absolute atomic E-state index is 0.215. The van der Waals surface area contributed by atoms with Gasteiger partial charge in [0, 0.05) is 23.8 Å². The minimum Gasteiger partial charge on any atom is -0.476 e. The number of benzene rings is 1. The zero-order chi connectivity index (χ0) is 17.3. The van der Waals surface area contributed by atoms with Crippen LogP contribution in [-0.2, 0) is 6.54 Å². The van der Waals surface area contributed by atoms with Crippen molar-refractivity contribution >= 4 is 10.9 Å². The maximum Gasteiger partial charge on any atom is 0.238 e. The highest BCUT2D eigenvalue weighted by Gasteiger charge is 2.17. The van der Waals surface area contributed by atoms with Gasteiger partial charge in [-0.3, -0.25) is 0 Å². The molecule has 0 fully saturated rings. The van der Waals surface area contributed by atoms with Gasteiger partial charge < -0.3 is 9.30 Å². The van der Waals surface area contributed by atoms with Crippen LogP contribution in [0.2, 0.25) is 0 Å². The Morgan fingerprint density at radius 2 is 2.00 bits per heavy atom. The van der Waals surface area contributed by atoms with E-state index in [-0.39, 0.29) is 5.82 Å². The van der Waals surface area contributed by atoms with Crippen LogP contribution in [0.25, 0.3) is 10.9 Å². The predicted octanol–water partition coefficient (Wildman–Crippen LogP) is 4.88. The summed E-state index contributed by atoms with van der Waals surface area (Å²) in [4.78, 5) is 4.44. The molecule has 0 aliphatic heterocycles. The van der Waals surface area contributed by atoms with E-state index in [2.05, 4.69) is 37.2 Å². The van der Waals surface area contributed by atoms with Crippen LogP contribution in [0.5, 0.6) is 5.88 Å². The average Bonchev–Trinajstić information content (AvgIpc) is 2.79. The molecule has 2 heterocycles. The number of rotatable bonds is 5. The first-order valence-electron chi connectivity index (χ1n) is 8.29. The van der Waals surface area contributed by atoms with E-state index in [1.165, 1.54) is 11.6 Å². The summed E-state index contributed by atoms with van der Waals surface area (Å²) in [7, 11) is 0. The largest absolute Gasteiger partial charge is 0.476 e. The molecule has 0 spiro atoms. The van der Waals surface area contributed by atoms with Gasteiger partial charge in [-0.1, -0.05) is 26.0 Å². The second kappa shape index (κ2) is 6.63. The van der Waals surface area contributed by atoms with Gasteiger partial charge in [-0.2, -0.15) is 0 Å². The van der Waals surface area contributed by atoms with E-state index in [1.807, 2.05) is 12.1 Å². The van der Waals surface area contributed by atoms with E-state index in [0.717, 1.165) is 22.2 Å².